The minimum Gasteiger partial charge on any atom is -0.326 e. The molecule has 1 aromatic carbocycles. The lowest BCUT2D eigenvalue weighted by Gasteiger charge is -2.45. The number of benzene rings is 1. The lowest BCUT2D eigenvalue weighted by molar-refractivity contribution is 0.172. The first-order valence-electron chi connectivity index (χ1n) is 5.92. The van der Waals surface area contributed by atoms with Gasteiger partial charge in [-0.1, -0.05) is 32.0 Å². The fraction of sp³-hybridized carbons (Fsp3) is 0.538. The van der Waals surface area contributed by atoms with Gasteiger partial charge in [-0.15, -0.1) is 0 Å². The van der Waals surface area contributed by atoms with Gasteiger partial charge in [-0.3, -0.25) is 0 Å². The van der Waals surface area contributed by atoms with Gasteiger partial charge < -0.3 is 9.19 Å². The first-order chi connectivity index (χ1) is 7.99. The van der Waals surface area contributed by atoms with E-state index in [0.717, 1.165) is 13.2 Å². The van der Waals surface area contributed by atoms with Gasteiger partial charge in [0.05, 0.1) is 6.61 Å². The molecule has 0 saturated carbocycles. The Balaban J connectivity index is 2.26. The summed E-state index contributed by atoms with van der Waals surface area (Å²) < 4.78 is 10.6. The van der Waals surface area contributed by atoms with E-state index in [1.807, 2.05) is 0 Å². The van der Waals surface area contributed by atoms with Crippen molar-refractivity contribution in [1.82, 2.24) is 4.67 Å². The molecular weight excluding hydrogens is 231 g/mol. The maximum Gasteiger partial charge on any atom is 0.217 e. The van der Waals surface area contributed by atoms with Crippen LogP contribution in [0.2, 0.25) is 0 Å². The fourth-order valence-corrected chi connectivity index (χ4v) is 4.04. The maximum absolute atomic E-state index is 6.04. The quantitative estimate of drug-likeness (QED) is 0.751. The molecule has 94 valence electrons. The van der Waals surface area contributed by atoms with Crippen LogP contribution in [0.5, 0.6) is 0 Å². The van der Waals surface area contributed by atoms with E-state index in [1.54, 1.807) is 0 Å². The third-order valence-electron chi connectivity index (χ3n) is 2.75. The first-order valence-corrected chi connectivity index (χ1v) is 7.09. The first kappa shape index (κ1) is 12.8. The Kier molecular flexibility index (Phi) is 3.72. The number of rotatable bonds is 2. The van der Waals surface area contributed by atoms with Gasteiger partial charge in [0.25, 0.3) is 0 Å². The highest BCUT2D eigenvalue weighted by molar-refractivity contribution is 7.51. The minimum absolute atomic E-state index is 0.213. The molecular formula is C13H21N2OP. The molecule has 0 aliphatic carbocycles. The van der Waals surface area contributed by atoms with Crippen molar-refractivity contribution in [2.24, 2.45) is 5.41 Å². The zero-order chi connectivity index (χ0) is 12.5. The van der Waals surface area contributed by atoms with Crippen molar-refractivity contribution in [3.63, 3.8) is 0 Å². The van der Waals surface area contributed by atoms with Crippen LogP contribution in [-0.4, -0.2) is 31.9 Å². The summed E-state index contributed by atoms with van der Waals surface area (Å²) in [5.74, 6) is 0. The van der Waals surface area contributed by atoms with Crippen LogP contribution in [-0.2, 0) is 4.52 Å². The highest BCUT2D eigenvalue weighted by atomic mass is 31.2. The molecule has 1 heterocycles. The minimum atomic E-state index is -0.662. The monoisotopic (exact) mass is 252 g/mol. The molecule has 1 atom stereocenters. The summed E-state index contributed by atoms with van der Waals surface area (Å²) in [5.41, 5.74) is 1.46. The molecule has 1 saturated heterocycles. The van der Waals surface area contributed by atoms with E-state index in [4.69, 9.17) is 4.52 Å². The van der Waals surface area contributed by atoms with E-state index in [1.165, 1.54) is 5.69 Å². The van der Waals surface area contributed by atoms with E-state index in [2.05, 4.69) is 67.6 Å². The van der Waals surface area contributed by atoms with E-state index in [9.17, 15) is 0 Å². The molecule has 1 aliphatic heterocycles. The Morgan fingerprint density at radius 2 is 1.88 bits per heavy atom. The summed E-state index contributed by atoms with van der Waals surface area (Å²) in [5, 5.41) is 0. The van der Waals surface area contributed by atoms with Crippen LogP contribution in [0.1, 0.15) is 13.8 Å². The van der Waals surface area contributed by atoms with Crippen LogP contribution in [0.4, 0.5) is 5.69 Å². The number of nitrogens with zero attached hydrogens (tertiary/aromatic N) is 2. The second kappa shape index (κ2) is 4.93. The third kappa shape index (κ3) is 2.98. The van der Waals surface area contributed by atoms with Crippen LogP contribution in [0, 0.1) is 5.41 Å². The topological polar surface area (TPSA) is 15.7 Å². The van der Waals surface area contributed by atoms with Crippen molar-refractivity contribution < 1.29 is 4.52 Å². The number of hydrogen-bond acceptors (Lipinski definition) is 3. The molecule has 4 heteroatoms. The van der Waals surface area contributed by atoms with E-state index >= 15 is 0 Å². The fourth-order valence-electron chi connectivity index (χ4n) is 1.94. The van der Waals surface area contributed by atoms with Gasteiger partial charge in [0.2, 0.25) is 8.45 Å². The average Bonchev–Trinajstić information content (AvgIpc) is 2.28. The molecule has 1 fully saturated rings. The highest BCUT2D eigenvalue weighted by Gasteiger charge is 2.35. The molecule has 0 bridgehead atoms. The van der Waals surface area contributed by atoms with Crippen LogP contribution < -0.4 is 4.67 Å². The van der Waals surface area contributed by atoms with Crippen LogP contribution in [0.3, 0.4) is 0 Å². The predicted octanol–water partition coefficient (Wildman–Crippen LogP) is 3.34. The second-order valence-corrected chi connectivity index (χ2v) is 7.48. The SMILES string of the molecule is CN(C)P1OCC(C)(C)CN1c1ccccc1. The molecule has 1 aromatic rings. The van der Waals surface area contributed by atoms with Gasteiger partial charge in [-0.05, 0) is 26.2 Å². The highest BCUT2D eigenvalue weighted by Crippen LogP contribution is 2.51. The molecule has 3 nitrogen and oxygen atoms in total. The van der Waals surface area contributed by atoms with Crippen molar-refractivity contribution in [2.75, 3.05) is 31.9 Å². The lowest BCUT2D eigenvalue weighted by atomic mass is 9.95. The summed E-state index contributed by atoms with van der Waals surface area (Å²) in [6.45, 7) is 6.39. The normalized spacial score (nSPS) is 24.1. The van der Waals surface area contributed by atoms with Crippen LogP contribution in [0.15, 0.2) is 30.3 Å². The predicted molar refractivity (Wildman–Crippen MR) is 74.1 cm³/mol. The summed E-state index contributed by atoms with van der Waals surface area (Å²) in [6.07, 6.45) is 0. The molecule has 1 unspecified atom stereocenters. The Hall–Kier alpha value is -0.630. The van der Waals surface area contributed by atoms with Crippen molar-refractivity contribution in [2.45, 2.75) is 13.8 Å². The molecule has 2 rings (SSSR count). The van der Waals surface area contributed by atoms with Crippen molar-refractivity contribution in [3.05, 3.63) is 30.3 Å². The largest absolute Gasteiger partial charge is 0.326 e. The third-order valence-corrected chi connectivity index (χ3v) is 4.58. The molecule has 17 heavy (non-hydrogen) atoms. The molecule has 1 aliphatic rings. The zero-order valence-electron chi connectivity index (χ0n) is 11.1. The number of anilines is 1. The Labute approximate surface area is 105 Å². The van der Waals surface area contributed by atoms with E-state index < -0.39 is 8.45 Å². The Bertz CT molecular complexity index is 367. The summed E-state index contributed by atoms with van der Waals surface area (Å²) in [4.78, 5) is 0. The van der Waals surface area contributed by atoms with Gasteiger partial charge in [0.1, 0.15) is 0 Å². The van der Waals surface area contributed by atoms with Gasteiger partial charge in [0.15, 0.2) is 0 Å². The van der Waals surface area contributed by atoms with Gasteiger partial charge in [0, 0.05) is 17.6 Å². The van der Waals surface area contributed by atoms with Crippen molar-refractivity contribution in [1.29, 1.82) is 0 Å². The molecule has 0 N–H and O–H groups in total. The van der Waals surface area contributed by atoms with E-state index in [-0.39, 0.29) is 5.41 Å². The van der Waals surface area contributed by atoms with Crippen LogP contribution >= 0.6 is 8.45 Å². The van der Waals surface area contributed by atoms with Gasteiger partial charge in [-0.25, -0.2) is 4.67 Å². The second-order valence-electron chi connectivity index (χ2n) is 5.43. The standard InChI is InChI=1S/C13H21N2OP/c1-13(2)10-15(12-8-6-5-7-9-12)17(14(3)4)16-11-13/h5-9H,10-11H2,1-4H3. The smallest absolute Gasteiger partial charge is 0.217 e. The molecule has 0 amide bonds. The summed E-state index contributed by atoms with van der Waals surface area (Å²) in [7, 11) is 3.50. The summed E-state index contributed by atoms with van der Waals surface area (Å²) in [6, 6.07) is 10.5. The molecule has 0 aromatic heterocycles. The Morgan fingerprint density at radius 1 is 1.24 bits per heavy atom. The molecule has 0 radical (unpaired) electrons. The van der Waals surface area contributed by atoms with Gasteiger partial charge in [-0.2, -0.15) is 0 Å². The average molecular weight is 252 g/mol. The zero-order valence-corrected chi connectivity index (χ0v) is 11.9. The maximum atomic E-state index is 6.04. The van der Waals surface area contributed by atoms with Crippen LogP contribution in [0.25, 0.3) is 0 Å². The van der Waals surface area contributed by atoms with Crippen molar-refractivity contribution in [3.8, 4) is 0 Å². The summed E-state index contributed by atoms with van der Waals surface area (Å²) >= 11 is 0. The van der Waals surface area contributed by atoms with Crippen molar-refractivity contribution >= 4 is 14.1 Å². The number of para-hydroxylation sites is 1. The van der Waals surface area contributed by atoms with Gasteiger partial charge >= 0.3 is 0 Å². The Morgan fingerprint density at radius 3 is 2.47 bits per heavy atom. The van der Waals surface area contributed by atoms with E-state index in [0.29, 0.717) is 0 Å². The lowest BCUT2D eigenvalue weighted by Crippen LogP contribution is -2.42. The molecule has 0 spiro atoms. The number of hydrogen-bond donors (Lipinski definition) is 0.